The maximum Gasteiger partial charge on any atom is 0.315 e. The minimum absolute atomic E-state index is 0.175. The summed E-state index contributed by atoms with van der Waals surface area (Å²) in [6, 6.07) is 9.94. The molecule has 130 valence electrons. The second-order valence-corrected chi connectivity index (χ2v) is 8.15. The van der Waals surface area contributed by atoms with Crippen molar-refractivity contribution in [2.45, 2.75) is 24.3 Å². The van der Waals surface area contributed by atoms with Crippen LogP contribution in [0.15, 0.2) is 46.7 Å². The second kappa shape index (κ2) is 8.27. The quantitative estimate of drug-likeness (QED) is 0.701. The zero-order valence-corrected chi connectivity index (χ0v) is 15.2. The number of amides is 2. The van der Waals surface area contributed by atoms with E-state index in [2.05, 4.69) is 15.4 Å². The summed E-state index contributed by atoms with van der Waals surface area (Å²) in [4.78, 5) is 13.3. The smallest absolute Gasteiger partial charge is 0.315 e. The highest BCUT2D eigenvalue weighted by Crippen LogP contribution is 2.17. The monoisotopic (exact) mass is 367 g/mol. The number of benzene rings is 1. The molecular formula is C16H21N3O3S2. The summed E-state index contributed by atoms with van der Waals surface area (Å²) in [6.07, 6.45) is 0.787. The van der Waals surface area contributed by atoms with Crippen molar-refractivity contribution in [2.75, 3.05) is 13.6 Å². The lowest BCUT2D eigenvalue weighted by Gasteiger charge is -2.16. The van der Waals surface area contributed by atoms with Gasteiger partial charge >= 0.3 is 6.03 Å². The molecule has 1 aromatic carbocycles. The van der Waals surface area contributed by atoms with Crippen molar-refractivity contribution in [3.8, 4) is 0 Å². The summed E-state index contributed by atoms with van der Waals surface area (Å²) < 4.78 is 26.0. The Morgan fingerprint density at radius 2 is 2.04 bits per heavy atom. The summed E-state index contributed by atoms with van der Waals surface area (Å²) in [5.74, 6) is 0. The highest BCUT2D eigenvalue weighted by Gasteiger charge is 2.15. The highest BCUT2D eigenvalue weighted by atomic mass is 32.2. The molecule has 2 aromatic rings. The Balaban J connectivity index is 1.90. The minimum atomic E-state index is -3.50. The molecule has 0 fully saturated rings. The fourth-order valence-electron chi connectivity index (χ4n) is 2.15. The van der Waals surface area contributed by atoms with Gasteiger partial charge in [-0.05, 0) is 49.5 Å². The van der Waals surface area contributed by atoms with Crippen LogP contribution < -0.4 is 15.4 Å². The SMILES string of the molecule is CNS(=O)(=O)c1cccc([C@@H](C)NC(=O)NCCc2cccs2)c1. The normalized spacial score (nSPS) is 12.6. The van der Waals surface area contributed by atoms with Crippen LogP contribution in [0.3, 0.4) is 0 Å². The van der Waals surface area contributed by atoms with E-state index in [0.717, 1.165) is 12.0 Å². The van der Waals surface area contributed by atoms with Gasteiger partial charge < -0.3 is 10.6 Å². The minimum Gasteiger partial charge on any atom is -0.338 e. The first-order chi connectivity index (χ1) is 11.4. The third-order valence-electron chi connectivity index (χ3n) is 3.52. The molecule has 0 spiro atoms. The van der Waals surface area contributed by atoms with E-state index < -0.39 is 10.0 Å². The Kier molecular flexibility index (Phi) is 6.36. The van der Waals surface area contributed by atoms with E-state index in [0.29, 0.717) is 6.54 Å². The molecule has 0 aliphatic heterocycles. The fraction of sp³-hybridized carbons (Fsp3) is 0.312. The van der Waals surface area contributed by atoms with Gasteiger partial charge in [-0.15, -0.1) is 11.3 Å². The molecule has 3 N–H and O–H groups in total. The Labute approximate surface area is 146 Å². The van der Waals surface area contributed by atoms with Crippen LogP contribution in [-0.2, 0) is 16.4 Å². The molecule has 1 aromatic heterocycles. The average Bonchev–Trinajstić information content (AvgIpc) is 3.08. The van der Waals surface area contributed by atoms with Gasteiger partial charge in [0, 0.05) is 11.4 Å². The van der Waals surface area contributed by atoms with Gasteiger partial charge in [-0.3, -0.25) is 0 Å². The number of hydrogen-bond acceptors (Lipinski definition) is 4. The Morgan fingerprint density at radius 3 is 2.71 bits per heavy atom. The molecule has 0 unspecified atom stereocenters. The average molecular weight is 367 g/mol. The van der Waals surface area contributed by atoms with Crippen molar-refractivity contribution < 1.29 is 13.2 Å². The molecular weight excluding hydrogens is 346 g/mol. The van der Waals surface area contributed by atoms with Crippen molar-refractivity contribution >= 4 is 27.4 Å². The van der Waals surface area contributed by atoms with Crippen LogP contribution in [0.2, 0.25) is 0 Å². The van der Waals surface area contributed by atoms with Gasteiger partial charge in [0.15, 0.2) is 0 Å². The van der Waals surface area contributed by atoms with E-state index in [1.165, 1.54) is 18.0 Å². The zero-order valence-electron chi connectivity index (χ0n) is 13.6. The molecule has 6 nitrogen and oxygen atoms in total. The van der Waals surface area contributed by atoms with Crippen molar-refractivity contribution in [2.24, 2.45) is 0 Å². The standard InChI is InChI=1S/C16H21N3O3S2/c1-12(13-5-3-7-15(11-13)24(21,22)17-2)19-16(20)18-9-8-14-6-4-10-23-14/h3-7,10-12,17H,8-9H2,1-2H3,(H2,18,19,20)/t12-/m1/s1. The molecule has 1 heterocycles. The van der Waals surface area contributed by atoms with Gasteiger partial charge in [0.1, 0.15) is 0 Å². The van der Waals surface area contributed by atoms with Crippen LogP contribution >= 0.6 is 11.3 Å². The summed E-state index contributed by atoms with van der Waals surface area (Å²) >= 11 is 1.66. The first-order valence-electron chi connectivity index (χ1n) is 7.52. The van der Waals surface area contributed by atoms with Crippen molar-refractivity contribution in [1.29, 1.82) is 0 Å². The summed E-state index contributed by atoms with van der Waals surface area (Å²) in [5.41, 5.74) is 0.722. The van der Waals surface area contributed by atoms with E-state index >= 15 is 0 Å². The van der Waals surface area contributed by atoms with E-state index in [9.17, 15) is 13.2 Å². The lowest BCUT2D eigenvalue weighted by molar-refractivity contribution is 0.238. The van der Waals surface area contributed by atoms with E-state index in [1.807, 2.05) is 24.4 Å². The van der Waals surface area contributed by atoms with Crippen molar-refractivity contribution in [3.05, 3.63) is 52.2 Å². The topological polar surface area (TPSA) is 87.3 Å². The van der Waals surface area contributed by atoms with Gasteiger partial charge in [0.05, 0.1) is 10.9 Å². The molecule has 2 amide bonds. The predicted octanol–water partition coefficient (Wildman–Crippen LogP) is 2.26. The summed E-state index contributed by atoms with van der Waals surface area (Å²) in [7, 11) is -2.13. The molecule has 0 aliphatic rings. The maximum atomic E-state index is 11.9. The zero-order chi connectivity index (χ0) is 17.6. The fourth-order valence-corrected chi connectivity index (χ4v) is 3.65. The molecule has 2 rings (SSSR count). The van der Waals surface area contributed by atoms with Crippen LogP contribution in [0, 0.1) is 0 Å². The number of thiophene rings is 1. The number of rotatable bonds is 7. The maximum absolute atomic E-state index is 11.9. The van der Waals surface area contributed by atoms with Gasteiger partial charge in [0.2, 0.25) is 10.0 Å². The lowest BCUT2D eigenvalue weighted by Crippen LogP contribution is -2.38. The van der Waals surface area contributed by atoms with Crippen LogP contribution in [0.1, 0.15) is 23.4 Å². The van der Waals surface area contributed by atoms with E-state index in [4.69, 9.17) is 0 Å². The third kappa shape index (κ3) is 5.05. The van der Waals surface area contributed by atoms with Crippen LogP contribution in [0.5, 0.6) is 0 Å². The van der Waals surface area contributed by atoms with Gasteiger partial charge in [-0.25, -0.2) is 17.9 Å². The summed E-state index contributed by atoms with van der Waals surface area (Å²) in [6.45, 7) is 2.36. The Bertz CT molecular complexity index is 774. The molecule has 0 radical (unpaired) electrons. The molecule has 0 aliphatic carbocycles. The second-order valence-electron chi connectivity index (χ2n) is 5.23. The molecule has 0 saturated carbocycles. The van der Waals surface area contributed by atoms with E-state index in [-0.39, 0.29) is 17.0 Å². The van der Waals surface area contributed by atoms with Crippen LogP contribution in [0.4, 0.5) is 4.79 Å². The van der Waals surface area contributed by atoms with Gasteiger partial charge in [-0.2, -0.15) is 0 Å². The van der Waals surface area contributed by atoms with Gasteiger partial charge in [0.25, 0.3) is 0 Å². The molecule has 8 heteroatoms. The molecule has 24 heavy (non-hydrogen) atoms. The number of sulfonamides is 1. The molecule has 0 saturated heterocycles. The number of urea groups is 1. The van der Waals surface area contributed by atoms with Crippen molar-refractivity contribution in [1.82, 2.24) is 15.4 Å². The first-order valence-corrected chi connectivity index (χ1v) is 9.89. The highest BCUT2D eigenvalue weighted by molar-refractivity contribution is 7.89. The first kappa shape index (κ1) is 18.4. The number of nitrogens with one attached hydrogen (secondary N) is 3. The number of carbonyl (C=O) groups is 1. The summed E-state index contributed by atoms with van der Waals surface area (Å²) in [5, 5.41) is 7.62. The largest absolute Gasteiger partial charge is 0.338 e. The van der Waals surface area contributed by atoms with Crippen molar-refractivity contribution in [3.63, 3.8) is 0 Å². The Morgan fingerprint density at radius 1 is 1.25 bits per heavy atom. The van der Waals surface area contributed by atoms with Crippen LogP contribution in [-0.4, -0.2) is 28.0 Å². The number of hydrogen-bond donors (Lipinski definition) is 3. The van der Waals surface area contributed by atoms with E-state index in [1.54, 1.807) is 29.5 Å². The number of carbonyl (C=O) groups excluding carboxylic acids is 1. The Hall–Kier alpha value is -1.90. The van der Waals surface area contributed by atoms with Crippen LogP contribution in [0.25, 0.3) is 0 Å². The molecule has 1 atom stereocenters. The lowest BCUT2D eigenvalue weighted by atomic mass is 10.1. The molecule has 0 bridgehead atoms. The third-order valence-corrected chi connectivity index (χ3v) is 5.87. The predicted molar refractivity (Wildman–Crippen MR) is 95.7 cm³/mol. The van der Waals surface area contributed by atoms with Gasteiger partial charge in [-0.1, -0.05) is 18.2 Å².